The Labute approximate surface area is 155 Å². The molecule has 1 aromatic carbocycles. The highest BCUT2D eigenvalue weighted by atomic mass is 79.9. The highest BCUT2D eigenvalue weighted by Gasteiger charge is 2.27. The Hall–Kier alpha value is -1.44. The first-order valence-electron chi connectivity index (χ1n) is 7.24. The Bertz CT molecular complexity index is 790. The van der Waals surface area contributed by atoms with Crippen molar-refractivity contribution in [2.45, 2.75) is 0 Å². The SMILES string of the molecule is O=C(c1ccc(F)cc1Cl)N1CCN(C(=O)c2sccc2Br)CC1. The molecule has 0 aliphatic carbocycles. The van der Waals surface area contributed by atoms with Crippen LogP contribution in [0.4, 0.5) is 4.39 Å². The number of amides is 2. The third-order valence-corrected chi connectivity index (χ3v) is 5.97. The van der Waals surface area contributed by atoms with Crippen molar-refractivity contribution in [3.63, 3.8) is 0 Å². The summed E-state index contributed by atoms with van der Waals surface area (Å²) in [5.41, 5.74) is 0.277. The summed E-state index contributed by atoms with van der Waals surface area (Å²) in [7, 11) is 0. The van der Waals surface area contributed by atoms with Crippen LogP contribution in [-0.2, 0) is 0 Å². The third kappa shape index (κ3) is 3.48. The predicted octanol–water partition coefficient (Wildman–Crippen LogP) is 3.90. The Kier molecular flexibility index (Phi) is 5.22. The summed E-state index contributed by atoms with van der Waals surface area (Å²) in [6.45, 7) is 1.74. The van der Waals surface area contributed by atoms with Crippen LogP contribution >= 0.6 is 38.9 Å². The molecule has 2 amide bonds. The van der Waals surface area contributed by atoms with Gasteiger partial charge in [0.05, 0.1) is 10.6 Å². The summed E-state index contributed by atoms with van der Waals surface area (Å²) in [6, 6.07) is 5.57. The normalized spacial score (nSPS) is 14.8. The van der Waals surface area contributed by atoms with Crippen LogP contribution in [0, 0.1) is 5.82 Å². The molecule has 1 saturated heterocycles. The van der Waals surface area contributed by atoms with Crippen molar-refractivity contribution in [1.82, 2.24) is 9.80 Å². The minimum Gasteiger partial charge on any atom is -0.335 e. The van der Waals surface area contributed by atoms with Gasteiger partial charge in [-0.15, -0.1) is 11.3 Å². The van der Waals surface area contributed by atoms with Gasteiger partial charge in [0.15, 0.2) is 0 Å². The molecule has 0 saturated carbocycles. The molecule has 1 aliphatic heterocycles. The molecule has 24 heavy (non-hydrogen) atoms. The third-order valence-electron chi connectivity index (χ3n) is 3.83. The van der Waals surface area contributed by atoms with E-state index < -0.39 is 5.82 Å². The minimum atomic E-state index is -0.478. The van der Waals surface area contributed by atoms with E-state index in [2.05, 4.69) is 15.9 Å². The molecule has 3 rings (SSSR count). The Morgan fingerprint density at radius 2 is 1.71 bits per heavy atom. The van der Waals surface area contributed by atoms with Crippen molar-refractivity contribution in [2.75, 3.05) is 26.2 Å². The van der Waals surface area contributed by atoms with Crippen molar-refractivity contribution in [1.29, 1.82) is 0 Å². The number of nitrogens with zero attached hydrogens (tertiary/aromatic N) is 2. The number of hydrogen-bond donors (Lipinski definition) is 0. The molecule has 1 fully saturated rings. The predicted molar refractivity (Wildman–Crippen MR) is 95.2 cm³/mol. The summed E-state index contributed by atoms with van der Waals surface area (Å²) in [5.74, 6) is -0.762. The first-order valence-corrected chi connectivity index (χ1v) is 9.29. The van der Waals surface area contributed by atoms with Crippen LogP contribution in [0.1, 0.15) is 20.0 Å². The first-order chi connectivity index (χ1) is 11.5. The highest BCUT2D eigenvalue weighted by Crippen LogP contribution is 2.25. The topological polar surface area (TPSA) is 40.6 Å². The average Bonchev–Trinajstić information content (AvgIpc) is 3.00. The molecule has 126 valence electrons. The number of carbonyl (C=O) groups is 2. The Morgan fingerprint density at radius 1 is 1.08 bits per heavy atom. The average molecular weight is 432 g/mol. The number of piperazine rings is 1. The van der Waals surface area contributed by atoms with Gasteiger partial charge >= 0.3 is 0 Å². The number of hydrogen-bond acceptors (Lipinski definition) is 3. The van der Waals surface area contributed by atoms with Crippen LogP contribution in [0.25, 0.3) is 0 Å². The molecule has 4 nitrogen and oxygen atoms in total. The fourth-order valence-corrected chi connectivity index (χ4v) is 4.29. The van der Waals surface area contributed by atoms with Crippen LogP contribution in [0.15, 0.2) is 34.1 Å². The molecule has 2 heterocycles. The number of benzene rings is 1. The molecular weight excluding hydrogens is 419 g/mol. The fraction of sp³-hybridized carbons (Fsp3) is 0.250. The number of halogens is 3. The van der Waals surface area contributed by atoms with Gasteiger partial charge in [0, 0.05) is 30.7 Å². The Balaban J connectivity index is 1.65. The smallest absolute Gasteiger partial charge is 0.265 e. The summed E-state index contributed by atoms with van der Waals surface area (Å²) < 4.78 is 13.9. The maximum Gasteiger partial charge on any atom is 0.265 e. The molecule has 0 spiro atoms. The van der Waals surface area contributed by atoms with Gasteiger partial charge in [-0.1, -0.05) is 11.6 Å². The van der Waals surface area contributed by atoms with E-state index in [1.165, 1.54) is 23.5 Å². The summed E-state index contributed by atoms with van der Waals surface area (Å²) in [5, 5.41) is 1.95. The molecule has 1 aromatic heterocycles. The number of rotatable bonds is 2. The van der Waals surface area contributed by atoms with Gasteiger partial charge in [0.2, 0.25) is 0 Å². The lowest BCUT2D eigenvalue weighted by Gasteiger charge is -2.34. The summed E-state index contributed by atoms with van der Waals surface area (Å²) >= 11 is 10.7. The quantitative estimate of drug-likeness (QED) is 0.723. The largest absolute Gasteiger partial charge is 0.335 e. The van der Waals surface area contributed by atoms with Crippen LogP contribution in [0.2, 0.25) is 5.02 Å². The molecule has 0 atom stereocenters. The van der Waals surface area contributed by atoms with Crippen LogP contribution < -0.4 is 0 Å². The maximum atomic E-state index is 13.1. The molecule has 8 heteroatoms. The maximum absolute atomic E-state index is 13.1. The van der Waals surface area contributed by atoms with Crippen LogP contribution in [0.3, 0.4) is 0 Å². The first kappa shape index (κ1) is 17.4. The lowest BCUT2D eigenvalue weighted by Crippen LogP contribution is -2.50. The lowest BCUT2D eigenvalue weighted by atomic mass is 10.1. The van der Waals surface area contributed by atoms with Crippen LogP contribution in [-0.4, -0.2) is 47.8 Å². The molecule has 1 aliphatic rings. The van der Waals surface area contributed by atoms with E-state index >= 15 is 0 Å². The van der Waals surface area contributed by atoms with Crippen LogP contribution in [0.5, 0.6) is 0 Å². The molecule has 0 radical (unpaired) electrons. The van der Waals surface area contributed by atoms with E-state index in [9.17, 15) is 14.0 Å². The molecule has 2 aromatic rings. The van der Waals surface area contributed by atoms with Gasteiger partial charge in [-0.3, -0.25) is 9.59 Å². The zero-order chi connectivity index (χ0) is 17.3. The lowest BCUT2D eigenvalue weighted by molar-refractivity contribution is 0.0537. The van der Waals surface area contributed by atoms with Gasteiger partial charge in [-0.25, -0.2) is 4.39 Å². The van der Waals surface area contributed by atoms with Gasteiger partial charge < -0.3 is 9.80 Å². The second-order valence-electron chi connectivity index (χ2n) is 5.31. The van der Waals surface area contributed by atoms with Gasteiger partial charge in [-0.05, 0) is 45.6 Å². The molecule has 0 unspecified atom stereocenters. The number of thiophene rings is 1. The Morgan fingerprint density at radius 3 is 2.25 bits per heavy atom. The van der Waals surface area contributed by atoms with E-state index in [1.54, 1.807) is 9.80 Å². The minimum absolute atomic E-state index is 0.0382. The van der Waals surface area contributed by atoms with E-state index in [4.69, 9.17) is 11.6 Å². The van der Waals surface area contributed by atoms with Crippen molar-refractivity contribution >= 4 is 50.7 Å². The summed E-state index contributed by atoms with van der Waals surface area (Å²) in [4.78, 5) is 29.0. The second-order valence-corrected chi connectivity index (χ2v) is 7.48. The standard InChI is InChI=1S/C16H13BrClFN2O2S/c17-12-3-8-24-14(12)16(23)21-6-4-20(5-7-21)15(22)11-2-1-10(19)9-13(11)18/h1-3,8-9H,4-7H2. The van der Waals surface area contributed by atoms with E-state index in [-0.39, 0.29) is 22.4 Å². The van der Waals surface area contributed by atoms with Crippen molar-refractivity contribution < 1.29 is 14.0 Å². The van der Waals surface area contributed by atoms with Gasteiger partial charge in [0.25, 0.3) is 11.8 Å². The highest BCUT2D eigenvalue weighted by molar-refractivity contribution is 9.10. The zero-order valence-corrected chi connectivity index (χ0v) is 15.6. The zero-order valence-electron chi connectivity index (χ0n) is 12.5. The summed E-state index contributed by atoms with van der Waals surface area (Å²) in [6.07, 6.45) is 0. The molecular formula is C16H13BrClFN2O2S. The van der Waals surface area contributed by atoms with Crippen molar-refractivity contribution in [3.05, 3.63) is 55.4 Å². The van der Waals surface area contributed by atoms with E-state index in [0.717, 1.165) is 10.5 Å². The van der Waals surface area contributed by atoms with Crippen molar-refractivity contribution in [2.24, 2.45) is 0 Å². The second kappa shape index (κ2) is 7.21. The molecule has 0 bridgehead atoms. The fourth-order valence-electron chi connectivity index (χ4n) is 2.54. The van der Waals surface area contributed by atoms with Gasteiger partial charge in [0.1, 0.15) is 10.7 Å². The van der Waals surface area contributed by atoms with E-state index in [1.807, 2.05) is 11.4 Å². The monoisotopic (exact) mass is 430 g/mol. The van der Waals surface area contributed by atoms with Gasteiger partial charge in [-0.2, -0.15) is 0 Å². The molecule has 0 N–H and O–H groups in total. The van der Waals surface area contributed by atoms with E-state index in [0.29, 0.717) is 31.1 Å². The number of carbonyl (C=O) groups excluding carboxylic acids is 2. The van der Waals surface area contributed by atoms with Crippen molar-refractivity contribution in [3.8, 4) is 0 Å².